The molecular weight excluding hydrogens is 423 g/mol. The maximum absolute atomic E-state index is 12.8. The number of nitrogens with zero attached hydrogens (tertiary/aromatic N) is 1. The van der Waals surface area contributed by atoms with Crippen LogP contribution in [0.5, 0.6) is 11.5 Å². The molecule has 5 nitrogen and oxygen atoms in total. The molecule has 0 heterocycles. The molecule has 2 aromatic carbocycles. The quantitative estimate of drug-likeness (QED) is 0.513. The topological polar surface area (TPSA) is 81.9 Å². The molecule has 0 aliphatic carbocycles. The molecule has 114 valence electrons. The van der Waals surface area contributed by atoms with E-state index in [0.717, 1.165) is 0 Å². The van der Waals surface area contributed by atoms with Crippen LogP contribution in [0.2, 0.25) is 0 Å². The highest BCUT2D eigenvalue weighted by Gasteiger charge is 2.13. The second kappa shape index (κ2) is 6.89. The van der Waals surface area contributed by atoms with Crippen LogP contribution in [-0.2, 0) is 0 Å². The Balaban J connectivity index is 2.13. The van der Waals surface area contributed by atoms with E-state index in [-0.39, 0.29) is 27.1 Å². The number of amides is 1. The standard InChI is InChI=1S/C14H9Br2FN2O3/c15-10-5-8(12(20)11(16)13(10)21)6-18-19-14(22)7-1-3-9(17)4-2-7/h1-6,20-21H,(H,19,22)/b18-6-. The van der Waals surface area contributed by atoms with Crippen LogP contribution in [0.3, 0.4) is 0 Å². The van der Waals surface area contributed by atoms with Gasteiger partial charge in [0, 0.05) is 11.1 Å². The fraction of sp³-hybridized carbons (Fsp3) is 0. The third-order valence-electron chi connectivity index (χ3n) is 2.67. The summed E-state index contributed by atoms with van der Waals surface area (Å²) in [7, 11) is 0. The smallest absolute Gasteiger partial charge is 0.271 e. The summed E-state index contributed by atoms with van der Waals surface area (Å²) in [5.41, 5.74) is 2.77. The average Bonchev–Trinajstić information content (AvgIpc) is 2.50. The lowest BCUT2D eigenvalue weighted by Crippen LogP contribution is -2.17. The van der Waals surface area contributed by atoms with E-state index in [4.69, 9.17) is 0 Å². The SMILES string of the molecule is O=C(N/N=C\c1cc(Br)c(O)c(Br)c1O)c1ccc(F)cc1. The van der Waals surface area contributed by atoms with Crippen LogP contribution in [0, 0.1) is 5.82 Å². The number of hydrogen-bond donors (Lipinski definition) is 3. The van der Waals surface area contributed by atoms with E-state index >= 15 is 0 Å². The van der Waals surface area contributed by atoms with Crippen molar-refractivity contribution < 1.29 is 19.4 Å². The summed E-state index contributed by atoms with van der Waals surface area (Å²) < 4.78 is 13.2. The summed E-state index contributed by atoms with van der Waals surface area (Å²) >= 11 is 6.15. The molecule has 22 heavy (non-hydrogen) atoms. The van der Waals surface area contributed by atoms with Crippen LogP contribution in [-0.4, -0.2) is 22.3 Å². The number of carbonyl (C=O) groups excluding carboxylic acids is 1. The Labute approximate surface area is 141 Å². The van der Waals surface area contributed by atoms with Gasteiger partial charge in [-0.25, -0.2) is 9.82 Å². The number of halogens is 3. The molecule has 2 aromatic rings. The lowest BCUT2D eigenvalue weighted by Gasteiger charge is -2.06. The number of phenols is 2. The molecule has 3 N–H and O–H groups in total. The lowest BCUT2D eigenvalue weighted by atomic mass is 10.2. The molecule has 0 saturated carbocycles. The summed E-state index contributed by atoms with van der Waals surface area (Å²) in [6.45, 7) is 0. The molecule has 8 heteroatoms. The second-order valence-electron chi connectivity index (χ2n) is 4.16. The van der Waals surface area contributed by atoms with Gasteiger partial charge in [0.1, 0.15) is 21.8 Å². The summed E-state index contributed by atoms with van der Waals surface area (Å²) in [6.07, 6.45) is 1.21. The molecule has 0 fully saturated rings. The average molecular weight is 432 g/mol. The first-order chi connectivity index (χ1) is 10.4. The first kappa shape index (κ1) is 16.4. The maximum Gasteiger partial charge on any atom is 0.271 e. The zero-order valence-corrected chi connectivity index (χ0v) is 14.0. The summed E-state index contributed by atoms with van der Waals surface area (Å²) in [4.78, 5) is 11.8. The van der Waals surface area contributed by atoms with Gasteiger partial charge < -0.3 is 10.2 Å². The molecule has 0 atom stereocenters. The van der Waals surface area contributed by atoms with Gasteiger partial charge in [-0.15, -0.1) is 0 Å². The van der Waals surface area contributed by atoms with Crippen LogP contribution in [0.25, 0.3) is 0 Å². The number of phenolic OH excluding ortho intramolecular Hbond substituents is 2. The molecule has 0 saturated heterocycles. The molecule has 0 unspecified atom stereocenters. The number of benzene rings is 2. The van der Waals surface area contributed by atoms with Crippen molar-refractivity contribution in [2.24, 2.45) is 5.10 Å². The van der Waals surface area contributed by atoms with E-state index in [9.17, 15) is 19.4 Å². The van der Waals surface area contributed by atoms with Crippen molar-refractivity contribution in [2.75, 3.05) is 0 Å². The third-order valence-corrected chi connectivity index (χ3v) is 4.03. The first-order valence-corrected chi connectivity index (χ1v) is 7.47. The number of carbonyl (C=O) groups is 1. The highest BCUT2D eigenvalue weighted by atomic mass is 79.9. The number of rotatable bonds is 3. The van der Waals surface area contributed by atoms with E-state index < -0.39 is 11.7 Å². The van der Waals surface area contributed by atoms with E-state index in [1.807, 2.05) is 0 Å². The Morgan fingerprint density at radius 3 is 2.45 bits per heavy atom. The molecule has 0 spiro atoms. The highest BCUT2D eigenvalue weighted by molar-refractivity contribution is 9.11. The molecule has 0 radical (unpaired) electrons. The largest absolute Gasteiger partial charge is 0.506 e. The fourth-order valence-electron chi connectivity index (χ4n) is 1.54. The van der Waals surface area contributed by atoms with E-state index in [0.29, 0.717) is 4.47 Å². The van der Waals surface area contributed by atoms with Crippen LogP contribution >= 0.6 is 31.9 Å². The Hall–Kier alpha value is -1.93. The van der Waals surface area contributed by atoms with Crippen molar-refractivity contribution in [3.63, 3.8) is 0 Å². The second-order valence-corrected chi connectivity index (χ2v) is 5.81. The van der Waals surface area contributed by atoms with Gasteiger partial charge in [0.05, 0.1) is 10.7 Å². The number of hydrogen-bond acceptors (Lipinski definition) is 4. The summed E-state index contributed by atoms with van der Waals surface area (Å²) in [6, 6.07) is 6.41. The van der Waals surface area contributed by atoms with Crippen molar-refractivity contribution in [1.29, 1.82) is 0 Å². The molecule has 0 aliphatic heterocycles. The molecule has 0 aromatic heterocycles. The normalized spacial score (nSPS) is 10.9. The van der Waals surface area contributed by atoms with E-state index in [2.05, 4.69) is 42.4 Å². The van der Waals surface area contributed by atoms with Crippen LogP contribution in [0.4, 0.5) is 4.39 Å². The maximum atomic E-state index is 12.8. The zero-order valence-electron chi connectivity index (χ0n) is 10.8. The fourth-order valence-corrected chi connectivity index (χ4v) is 2.70. The third kappa shape index (κ3) is 3.63. The molecule has 0 bridgehead atoms. The predicted octanol–water partition coefficient (Wildman–Crippen LogP) is 3.53. The van der Waals surface area contributed by atoms with Gasteiger partial charge in [-0.2, -0.15) is 5.10 Å². The monoisotopic (exact) mass is 430 g/mol. The Kier molecular flexibility index (Phi) is 5.15. The van der Waals surface area contributed by atoms with E-state index in [1.165, 1.54) is 36.5 Å². The lowest BCUT2D eigenvalue weighted by molar-refractivity contribution is 0.0955. The van der Waals surface area contributed by atoms with Gasteiger partial charge in [0.15, 0.2) is 0 Å². The van der Waals surface area contributed by atoms with Gasteiger partial charge in [-0.1, -0.05) is 0 Å². The highest BCUT2D eigenvalue weighted by Crippen LogP contribution is 2.40. The van der Waals surface area contributed by atoms with Crippen molar-refractivity contribution in [2.45, 2.75) is 0 Å². The predicted molar refractivity (Wildman–Crippen MR) is 86.6 cm³/mol. The minimum Gasteiger partial charge on any atom is -0.506 e. The van der Waals surface area contributed by atoms with Crippen LogP contribution in [0.15, 0.2) is 44.4 Å². The molecule has 1 amide bonds. The van der Waals surface area contributed by atoms with Gasteiger partial charge in [-0.05, 0) is 62.2 Å². The molecular formula is C14H9Br2FN2O3. The Morgan fingerprint density at radius 1 is 1.18 bits per heavy atom. The summed E-state index contributed by atoms with van der Waals surface area (Å²) in [5, 5.41) is 23.2. The Morgan fingerprint density at radius 2 is 1.82 bits per heavy atom. The van der Waals surface area contributed by atoms with Crippen molar-refractivity contribution in [1.82, 2.24) is 5.43 Å². The van der Waals surface area contributed by atoms with Crippen molar-refractivity contribution in [3.05, 3.63) is 56.2 Å². The van der Waals surface area contributed by atoms with Gasteiger partial charge >= 0.3 is 0 Å². The van der Waals surface area contributed by atoms with Gasteiger partial charge in [-0.3, -0.25) is 4.79 Å². The van der Waals surface area contributed by atoms with Crippen LogP contribution in [0.1, 0.15) is 15.9 Å². The molecule has 0 aliphatic rings. The Bertz CT molecular complexity index is 749. The van der Waals surface area contributed by atoms with Crippen molar-refractivity contribution in [3.8, 4) is 11.5 Å². The first-order valence-electron chi connectivity index (χ1n) is 5.89. The summed E-state index contributed by atoms with van der Waals surface area (Å²) in [5.74, 6) is -1.33. The van der Waals surface area contributed by atoms with Crippen molar-refractivity contribution >= 4 is 44.0 Å². The number of hydrazone groups is 1. The van der Waals surface area contributed by atoms with E-state index in [1.54, 1.807) is 0 Å². The molecule has 2 rings (SSSR count). The zero-order chi connectivity index (χ0) is 16.3. The number of aromatic hydroxyl groups is 2. The van der Waals surface area contributed by atoms with Gasteiger partial charge in [0.25, 0.3) is 5.91 Å². The number of nitrogens with one attached hydrogen (secondary N) is 1. The van der Waals surface area contributed by atoms with Gasteiger partial charge in [0.2, 0.25) is 0 Å². The van der Waals surface area contributed by atoms with Crippen LogP contribution < -0.4 is 5.43 Å². The minimum absolute atomic E-state index is 0.105. The minimum atomic E-state index is -0.521.